The zero-order chi connectivity index (χ0) is 18.0. The van der Waals surface area contributed by atoms with Gasteiger partial charge in [0.1, 0.15) is 0 Å². The average molecular weight is 367 g/mol. The molecular formula is C17H25N3O4S. The summed E-state index contributed by atoms with van der Waals surface area (Å²) in [5, 5.41) is 0. The Morgan fingerprint density at radius 2 is 1.84 bits per heavy atom. The fraction of sp³-hybridized carbons (Fsp3) is 0.588. The Bertz CT molecular complexity index is 742. The number of sulfonamides is 1. The normalized spacial score (nSPS) is 18.4. The molecule has 1 saturated heterocycles. The van der Waals surface area contributed by atoms with Crippen LogP contribution in [0, 0.1) is 0 Å². The lowest BCUT2D eigenvalue weighted by Gasteiger charge is -2.35. The number of urea groups is 1. The summed E-state index contributed by atoms with van der Waals surface area (Å²) in [6.07, 6.45) is 0.739. The number of amides is 2. The van der Waals surface area contributed by atoms with E-state index in [-0.39, 0.29) is 17.0 Å². The quantitative estimate of drug-likeness (QED) is 0.870. The van der Waals surface area contributed by atoms with Crippen LogP contribution in [0.1, 0.15) is 25.0 Å². The maximum atomic E-state index is 12.7. The molecule has 7 nitrogen and oxygen atoms in total. The standard InChI is InChI=1S/C17H25N3O4S/c1-13(2)18-25(22,23)16-4-3-14-5-6-20(12-15(14)11-16)17(21)19-7-9-24-10-8-19/h3-4,11,13,18H,5-10,12H2,1-2H3. The number of carbonyl (C=O) groups excluding carboxylic acids is 1. The molecule has 8 heteroatoms. The van der Waals surface area contributed by atoms with Crippen LogP contribution in [0.5, 0.6) is 0 Å². The maximum Gasteiger partial charge on any atom is 0.320 e. The van der Waals surface area contributed by atoms with E-state index in [1.165, 1.54) is 0 Å². The van der Waals surface area contributed by atoms with Crippen molar-refractivity contribution in [1.82, 2.24) is 14.5 Å². The van der Waals surface area contributed by atoms with Crippen LogP contribution in [0.3, 0.4) is 0 Å². The first-order valence-electron chi connectivity index (χ1n) is 8.62. The van der Waals surface area contributed by atoms with E-state index in [0.717, 1.165) is 17.5 Å². The molecule has 2 heterocycles. The third-order valence-corrected chi connectivity index (χ3v) is 6.10. The van der Waals surface area contributed by atoms with Gasteiger partial charge in [-0.05, 0) is 43.5 Å². The summed E-state index contributed by atoms with van der Waals surface area (Å²) in [5.74, 6) is 0. The number of morpholine rings is 1. The molecule has 0 saturated carbocycles. The SMILES string of the molecule is CC(C)NS(=O)(=O)c1ccc2c(c1)CN(C(=O)N1CCOCC1)CC2. The van der Waals surface area contributed by atoms with Crippen molar-refractivity contribution < 1.29 is 17.9 Å². The number of carbonyl (C=O) groups is 1. The van der Waals surface area contributed by atoms with Crippen molar-refractivity contribution in [3.63, 3.8) is 0 Å². The molecule has 0 aromatic heterocycles. The lowest BCUT2D eigenvalue weighted by atomic mass is 10.00. The van der Waals surface area contributed by atoms with Crippen molar-refractivity contribution in [2.24, 2.45) is 0 Å². The van der Waals surface area contributed by atoms with Gasteiger partial charge in [0.25, 0.3) is 0 Å². The van der Waals surface area contributed by atoms with Crippen LogP contribution in [0.25, 0.3) is 0 Å². The van der Waals surface area contributed by atoms with Crippen molar-refractivity contribution in [3.05, 3.63) is 29.3 Å². The maximum absolute atomic E-state index is 12.7. The Kier molecular flexibility index (Phi) is 5.31. The lowest BCUT2D eigenvalue weighted by molar-refractivity contribution is 0.0421. The van der Waals surface area contributed by atoms with Gasteiger partial charge in [0.05, 0.1) is 18.1 Å². The molecule has 0 bridgehead atoms. The summed E-state index contributed by atoms with van der Waals surface area (Å²) in [6.45, 7) is 7.02. The summed E-state index contributed by atoms with van der Waals surface area (Å²) >= 11 is 0. The van der Waals surface area contributed by atoms with Crippen molar-refractivity contribution in [2.75, 3.05) is 32.8 Å². The number of nitrogens with one attached hydrogen (secondary N) is 1. The van der Waals surface area contributed by atoms with Gasteiger partial charge in [-0.3, -0.25) is 0 Å². The van der Waals surface area contributed by atoms with Gasteiger partial charge in [-0.25, -0.2) is 17.9 Å². The molecule has 0 aliphatic carbocycles. The number of hydrogen-bond acceptors (Lipinski definition) is 4. The van der Waals surface area contributed by atoms with E-state index >= 15 is 0 Å². The fourth-order valence-electron chi connectivity index (χ4n) is 3.20. The van der Waals surface area contributed by atoms with Crippen molar-refractivity contribution >= 4 is 16.1 Å². The summed E-state index contributed by atoms with van der Waals surface area (Å²) in [6, 6.07) is 5.03. The van der Waals surface area contributed by atoms with Crippen LogP contribution in [-0.2, 0) is 27.7 Å². The van der Waals surface area contributed by atoms with E-state index < -0.39 is 10.0 Å². The van der Waals surface area contributed by atoms with Crippen LogP contribution in [0.15, 0.2) is 23.1 Å². The minimum absolute atomic E-state index is 0.00233. The van der Waals surface area contributed by atoms with Crippen LogP contribution in [0.2, 0.25) is 0 Å². The molecule has 0 unspecified atom stereocenters. The fourth-order valence-corrected chi connectivity index (χ4v) is 4.50. The van der Waals surface area contributed by atoms with Crippen molar-refractivity contribution in [2.45, 2.75) is 37.8 Å². The van der Waals surface area contributed by atoms with E-state index in [0.29, 0.717) is 39.4 Å². The number of benzene rings is 1. The van der Waals surface area contributed by atoms with Gasteiger partial charge in [0, 0.05) is 32.2 Å². The Morgan fingerprint density at radius 1 is 1.12 bits per heavy atom. The van der Waals surface area contributed by atoms with Gasteiger partial charge >= 0.3 is 6.03 Å². The van der Waals surface area contributed by atoms with Gasteiger partial charge in [0.15, 0.2) is 0 Å². The smallest absolute Gasteiger partial charge is 0.320 e. The minimum atomic E-state index is -3.53. The molecule has 2 amide bonds. The second-order valence-corrected chi connectivity index (χ2v) is 8.47. The Labute approximate surface area is 149 Å². The van der Waals surface area contributed by atoms with Gasteiger partial charge in [-0.15, -0.1) is 0 Å². The van der Waals surface area contributed by atoms with E-state index in [4.69, 9.17) is 4.74 Å². The molecule has 2 aliphatic rings. The summed E-state index contributed by atoms with van der Waals surface area (Å²) in [7, 11) is -3.53. The molecular weight excluding hydrogens is 342 g/mol. The molecule has 1 N–H and O–H groups in total. The minimum Gasteiger partial charge on any atom is -0.378 e. The molecule has 0 spiro atoms. The third kappa shape index (κ3) is 4.13. The van der Waals surface area contributed by atoms with Crippen LogP contribution < -0.4 is 4.72 Å². The number of nitrogens with zero attached hydrogens (tertiary/aromatic N) is 2. The second-order valence-electron chi connectivity index (χ2n) is 6.76. The topological polar surface area (TPSA) is 79.0 Å². The largest absolute Gasteiger partial charge is 0.378 e. The van der Waals surface area contributed by atoms with Gasteiger partial charge in [-0.1, -0.05) is 6.07 Å². The first-order chi connectivity index (χ1) is 11.9. The number of hydrogen-bond donors (Lipinski definition) is 1. The molecule has 2 aliphatic heterocycles. The van der Waals surface area contributed by atoms with Crippen molar-refractivity contribution in [1.29, 1.82) is 0 Å². The Balaban J connectivity index is 1.77. The Morgan fingerprint density at radius 3 is 2.52 bits per heavy atom. The third-order valence-electron chi connectivity index (χ3n) is 4.44. The predicted molar refractivity (Wildman–Crippen MR) is 93.8 cm³/mol. The van der Waals surface area contributed by atoms with E-state index in [2.05, 4.69) is 4.72 Å². The molecule has 0 atom stereocenters. The van der Waals surface area contributed by atoms with Gasteiger partial charge in [0.2, 0.25) is 10.0 Å². The second kappa shape index (κ2) is 7.31. The van der Waals surface area contributed by atoms with Gasteiger partial charge < -0.3 is 14.5 Å². The highest BCUT2D eigenvalue weighted by atomic mass is 32.2. The monoisotopic (exact) mass is 367 g/mol. The number of rotatable bonds is 3. The lowest BCUT2D eigenvalue weighted by Crippen LogP contribution is -2.49. The molecule has 1 fully saturated rings. The molecule has 25 heavy (non-hydrogen) atoms. The number of ether oxygens (including phenoxy) is 1. The van der Waals surface area contributed by atoms with E-state index in [9.17, 15) is 13.2 Å². The van der Waals surface area contributed by atoms with Crippen LogP contribution in [-0.4, -0.2) is 63.1 Å². The summed E-state index contributed by atoms with van der Waals surface area (Å²) in [5.41, 5.74) is 2.01. The first kappa shape index (κ1) is 18.2. The Hall–Kier alpha value is -1.64. The average Bonchev–Trinajstić information content (AvgIpc) is 2.60. The molecule has 3 rings (SSSR count). The highest BCUT2D eigenvalue weighted by Crippen LogP contribution is 2.23. The van der Waals surface area contributed by atoms with E-state index in [1.54, 1.807) is 35.8 Å². The van der Waals surface area contributed by atoms with Crippen molar-refractivity contribution in [3.8, 4) is 0 Å². The predicted octanol–water partition coefficient (Wildman–Crippen LogP) is 1.18. The highest BCUT2D eigenvalue weighted by Gasteiger charge is 2.27. The van der Waals surface area contributed by atoms with Crippen LogP contribution in [0.4, 0.5) is 4.79 Å². The molecule has 138 valence electrons. The number of fused-ring (bicyclic) bond motifs is 1. The highest BCUT2D eigenvalue weighted by molar-refractivity contribution is 7.89. The summed E-state index contributed by atoms with van der Waals surface area (Å²) < 4.78 is 32.6. The molecule has 1 aromatic carbocycles. The van der Waals surface area contributed by atoms with Crippen LogP contribution >= 0.6 is 0 Å². The zero-order valence-electron chi connectivity index (χ0n) is 14.7. The zero-order valence-corrected chi connectivity index (χ0v) is 15.5. The van der Waals surface area contributed by atoms with E-state index in [1.807, 2.05) is 6.07 Å². The first-order valence-corrected chi connectivity index (χ1v) is 10.1. The summed E-state index contributed by atoms with van der Waals surface area (Å²) in [4.78, 5) is 16.5. The molecule has 1 aromatic rings. The molecule has 0 radical (unpaired) electrons. The van der Waals surface area contributed by atoms with Gasteiger partial charge in [-0.2, -0.15) is 0 Å².